The van der Waals surface area contributed by atoms with E-state index in [1.165, 1.54) is 11.8 Å². The summed E-state index contributed by atoms with van der Waals surface area (Å²) in [5, 5.41) is 3.41. The number of imidazole rings is 1. The van der Waals surface area contributed by atoms with Crippen LogP contribution in [-0.4, -0.2) is 63.5 Å². The van der Waals surface area contributed by atoms with Gasteiger partial charge >= 0.3 is 6.09 Å². The predicted molar refractivity (Wildman–Crippen MR) is 140 cm³/mol. The molecule has 1 aliphatic rings. The number of benzene rings is 1. The maximum Gasteiger partial charge on any atom is 0.408 e. The van der Waals surface area contributed by atoms with Gasteiger partial charge in [0.15, 0.2) is 5.16 Å². The molecule has 1 aliphatic heterocycles. The van der Waals surface area contributed by atoms with Crippen molar-refractivity contribution in [3.05, 3.63) is 54.2 Å². The summed E-state index contributed by atoms with van der Waals surface area (Å²) in [6.07, 6.45) is 5.98. The number of ether oxygens (including phenoxy) is 1. The van der Waals surface area contributed by atoms with Crippen LogP contribution >= 0.6 is 11.8 Å². The smallest absolute Gasteiger partial charge is 0.408 e. The van der Waals surface area contributed by atoms with Crippen molar-refractivity contribution >= 4 is 35.3 Å². The molecule has 190 valence electrons. The maximum absolute atomic E-state index is 13.5. The number of carbonyl (C=O) groups is 2. The lowest BCUT2D eigenvalue weighted by molar-refractivity contribution is 0.0976. The lowest BCUT2D eigenvalue weighted by Gasteiger charge is -2.22. The summed E-state index contributed by atoms with van der Waals surface area (Å²) >= 11 is 1.44. The molecule has 0 radical (unpaired) electrons. The number of nitrogens with one attached hydrogen (secondary N) is 1. The monoisotopic (exact) mass is 509 g/mol. The first-order chi connectivity index (χ1) is 17.1. The zero-order valence-electron chi connectivity index (χ0n) is 21.3. The number of hydrogen-bond acceptors (Lipinski definition) is 8. The fourth-order valence-electron chi connectivity index (χ4n) is 3.81. The predicted octanol–water partition coefficient (Wildman–Crippen LogP) is 4.07. The van der Waals surface area contributed by atoms with Gasteiger partial charge in [0.1, 0.15) is 17.5 Å². The highest BCUT2D eigenvalue weighted by Crippen LogP contribution is 2.28. The number of likely N-dealkylation sites (N-methyl/N-ethyl adjacent to an activating group) is 1. The molecule has 2 amide bonds. The number of carbonyl (C=O) groups excluding carboxylic acids is 2. The molecule has 1 unspecified atom stereocenters. The second-order valence-corrected chi connectivity index (χ2v) is 10.4. The topological polar surface area (TPSA) is 105 Å². The molecular formula is C25H31N7O3S. The number of amides is 2. The van der Waals surface area contributed by atoms with Crippen molar-refractivity contribution in [3.8, 4) is 5.69 Å². The van der Waals surface area contributed by atoms with Crippen LogP contribution in [0.15, 0.2) is 48.1 Å². The van der Waals surface area contributed by atoms with Gasteiger partial charge in [-0.1, -0.05) is 17.8 Å². The highest BCUT2D eigenvalue weighted by molar-refractivity contribution is 7.98. The summed E-state index contributed by atoms with van der Waals surface area (Å²) < 4.78 is 7.32. The number of hydrogen-bond donors (Lipinski definition) is 1. The van der Waals surface area contributed by atoms with Crippen molar-refractivity contribution in [3.63, 3.8) is 0 Å². The van der Waals surface area contributed by atoms with Gasteiger partial charge in [0.25, 0.3) is 5.91 Å². The molecule has 3 heterocycles. The van der Waals surface area contributed by atoms with Gasteiger partial charge in [-0.05, 0) is 52.1 Å². The van der Waals surface area contributed by atoms with Crippen LogP contribution in [0, 0.1) is 0 Å². The quantitative estimate of drug-likeness (QED) is 0.405. The molecule has 0 spiro atoms. The number of nitrogens with zero attached hydrogens (tertiary/aromatic N) is 6. The van der Waals surface area contributed by atoms with Gasteiger partial charge in [0, 0.05) is 49.4 Å². The van der Waals surface area contributed by atoms with E-state index >= 15 is 0 Å². The van der Waals surface area contributed by atoms with E-state index in [4.69, 9.17) is 4.74 Å². The van der Waals surface area contributed by atoms with Crippen LogP contribution in [0.3, 0.4) is 0 Å². The van der Waals surface area contributed by atoms with E-state index in [-0.39, 0.29) is 11.4 Å². The Bertz CT molecular complexity index is 1270. The van der Waals surface area contributed by atoms with Crippen molar-refractivity contribution in [1.82, 2.24) is 24.8 Å². The fraction of sp³-hybridized carbons (Fsp3) is 0.400. The van der Waals surface area contributed by atoms with Crippen LogP contribution in [0.4, 0.5) is 16.3 Å². The highest BCUT2D eigenvalue weighted by atomic mass is 32.2. The Morgan fingerprint density at radius 3 is 2.67 bits per heavy atom. The number of alkyl carbamates (subject to hydrolysis) is 1. The molecule has 1 atom stereocenters. The van der Waals surface area contributed by atoms with Crippen molar-refractivity contribution in [2.75, 3.05) is 36.2 Å². The van der Waals surface area contributed by atoms with Crippen molar-refractivity contribution in [2.45, 2.75) is 44.5 Å². The molecule has 0 saturated carbocycles. The Balaban J connectivity index is 1.55. The number of aromatic nitrogens is 4. The average Bonchev–Trinajstić information content (AvgIpc) is 3.29. The van der Waals surface area contributed by atoms with Gasteiger partial charge in [0.2, 0.25) is 0 Å². The minimum atomic E-state index is -0.526. The van der Waals surface area contributed by atoms with Gasteiger partial charge in [-0.15, -0.1) is 0 Å². The van der Waals surface area contributed by atoms with Gasteiger partial charge in [-0.3, -0.25) is 4.79 Å². The molecule has 0 saturated heterocycles. The van der Waals surface area contributed by atoms with E-state index in [9.17, 15) is 9.59 Å². The summed E-state index contributed by atoms with van der Waals surface area (Å²) in [5.41, 5.74) is 2.30. The van der Waals surface area contributed by atoms with Crippen LogP contribution in [-0.2, 0) is 4.74 Å². The molecule has 0 bridgehead atoms. The second-order valence-electron chi connectivity index (χ2n) is 9.62. The molecular weight excluding hydrogens is 478 g/mol. The molecule has 10 nitrogen and oxygen atoms in total. The Kier molecular flexibility index (Phi) is 7.21. The zero-order valence-corrected chi connectivity index (χ0v) is 22.2. The fourth-order valence-corrected chi connectivity index (χ4v) is 4.15. The van der Waals surface area contributed by atoms with Crippen LogP contribution in [0.5, 0.6) is 0 Å². The maximum atomic E-state index is 13.5. The van der Waals surface area contributed by atoms with Crippen molar-refractivity contribution in [1.29, 1.82) is 0 Å². The summed E-state index contributed by atoms with van der Waals surface area (Å²) in [6, 6.07) is 7.67. The van der Waals surface area contributed by atoms with Crippen LogP contribution < -0.4 is 15.1 Å². The molecule has 3 aromatic rings. The summed E-state index contributed by atoms with van der Waals surface area (Å²) in [4.78, 5) is 42.6. The lowest BCUT2D eigenvalue weighted by Crippen LogP contribution is -2.41. The number of fused-ring (bicyclic) bond motifs is 1. The van der Waals surface area contributed by atoms with Gasteiger partial charge in [-0.25, -0.2) is 19.7 Å². The average molecular weight is 510 g/mol. The second kappa shape index (κ2) is 10.2. The molecule has 1 N–H and O–H groups in total. The number of rotatable bonds is 5. The normalized spacial score (nSPS) is 14.8. The lowest BCUT2D eigenvalue weighted by atomic mass is 10.1. The molecule has 36 heavy (non-hydrogen) atoms. The Morgan fingerprint density at radius 2 is 1.94 bits per heavy atom. The van der Waals surface area contributed by atoms with Gasteiger partial charge in [0.05, 0.1) is 12.0 Å². The molecule has 0 fully saturated rings. The van der Waals surface area contributed by atoms with Crippen LogP contribution in [0.25, 0.3) is 5.69 Å². The molecule has 11 heteroatoms. The first kappa shape index (κ1) is 25.5. The third-order valence-corrected chi connectivity index (χ3v) is 6.21. The van der Waals surface area contributed by atoms with Crippen molar-refractivity contribution < 1.29 is 14.3 Å². The van der Waals surface area contributed by atoms with E-state index in [0.717, 1.165) is 11.4 Å². The standard InChI is InChI=1S/C25H31N7O3S/c1-16(35-24(34)29-25(2,3)4)20-14-31(15-27-20)17-8-7-9-18(12-17)32-11-10-30(5)21-19(22(32)33)13-26-23(28-21)36-6/h7-9,12-16H,10-11H2,1-6H3,(H,29,34). The number of thioether (sulfide) groups is 1. The Hall–Kier alpha value is -3.60. The van der Waals surface area contributed by atoms with E-state index < -0.39 is 12.2 Å². The van der Waals surface area contributed by atoms with E-state index in [1.807, 2.05) is 74.0 Å². The van der Waals surface area contributed by atoms with E-state index in [0.29, 0.717) is 35.3 Å². The first-order valence-corrected chi connectivity index (χ1v) is 12.9. The third kappa shape index (κ3) is 5.62. The molecule has 0 aliphatic carbocycles. The van der Waals surface area contributed by atoms with Crippen LogP contribution in [0.2, 0.25) is 0 Å². The molecule has 2 aromatic heterocycles. The van der Waals surface area contributed by atoms with Crippen molar-refractivity contribution in [2.24, 2.45) is 0 Å². The van der Waals surface area contributed by atoms with Gasteiger partial charge in [-0.2, -0.15) is 0 Å². The third-order valence-electron chi connectivity index (χ3n) is 5.64. The Morgan fingerprint density at radius 1 is 1.19 bits per heavy atom. The summed E-state index contributed by atoms with van der Waals surface area (Å²) in [5.74, 6) is 0.499. The van der Waals surface area contributed by atoms with Gasteiger partial charge < -0.3 is 24.4 Å². The minimum absolute atomic E-state index is 0.141. The summed E-state index contributed by atoms with van der Waals surface area (Å²) in [7, 11) is 1.93. The van der Waals surface area contributed by atoms with Crippen LogP contribution in [0.1, 0.15) is 49.9 Å². The molecule has 1 aromatic carbocycles. The zero-order chi connectivity index (χ0) is 26.0. The van der Waals surface area contributed by atoms with E-state index in [1.54, 1.807) is 24.3 Å². The first-order valence-electron chi connectivity index (χ1n) is 11.6. The SMILES string of the molecule is CSc1ncc2c(n1)N(C)CCN(c1cccc(-n3cnc(C(C)OC(=O)NC(C)(C)C)c3)c1)C2=O. The number of anilines is 2. The highest BCUT2D eigenvalue weighted by Gasteiger charge is 2.28. The Labute approximate surface area is 215 Å². The minimum Gasteiger partial charge on any atom is -0.440 e. The largest absolute Gasteiger partial charge is 0.440 e. The molecule has 4 rings (SSSR count). The van der Waals surface area contributed by atoms with E-state index in [2.05, 4.69) is 20.3 Å². The summed E-state index contributed by atoms with van der Waals surface area (Å²) in [6.45, 7) is 8.59.